The fourth-order valence-electron chi connectivity index (χ4n) is 1.62. The first-order valence-electron chi connectivity index (χ1n) is 4.94. The van der Waals surface area contributed by atoms with Crippen molar-refractivity contribution in [2.75, 3.05) is 7.05 Å². The third-order valence-corrected chi connectivity index (χ3v) is 2.44. The van der Waals surface area contributed by atoms with Crippen molar-refractivity contribution in [1.82, 2.24) is 5.32 Å². The van der Waals surface area contributed by atoms with E-state index in [1.165, 1.54) is 5.56 Å². The maximum atomic E-state index is 5.27. The SMILES string of the molecule is C#CCCCC(NC)c1ccoc1C. The van der Waals surface area contributed by atoms with Gasteiger partial charge in [0.25, 0.3) is 0 Å². The highest BCUT2D eigenvalue weighted by molar-refractivity contribution is 5.20. The predicted molar refractivity (Wildman–Crippen MR) is 57.9 cm³/mol. The molecule has 1 N–H and O–H groups in total. The molecule has 76 valence electrons. The lowest BCUT2D eigenvalue weighted by Gasteiger charge is -2.14. The Kier molecular flexibility index (Phi) is 4.28. The number of rotatable bonds is 5. The zero-order chi connectivity index (χ0) is 10.4. The fourth-order valence-corrected chi connectivity index (χ4v) is 1.62. The van der Waals surface area contributed by atoms with Crippen LogP contribution in [-0.4, -0.2) is 7.05 Å². The Balaban J connectivity index is 2.55. The molecule has 0 saturated carbocycles. The molecule has 0 saturated heterocycles. The molecule has 0 aliphatic carbocycles. The molecule has 0 fully saturated rings. The third kappa shape index (κ3) is 2.65. The van der Waals surface area contributed by atoms with Crippen molar-refractivity contribution in [3.8, 4) is 12.3 Å². The van der Waals surface area contributed by atoms with Gasteiger partial charge in [0, 0.05) is 18.0 Å². The molecule has 1 aromatic rings. The molecular weight excluding hydrogens is 174 g/mol. The van der Waals surface area contributed by atoms with Gasteiger partial charge in [0.2, 0.25) is 0 Å². The zero-order valence-corrected chi connectivity index (χ0v) is 8.84. The van der Waals surface area contributed by atoms with Gasteiger partial charge in [-0.25, -0.2) is 0 Å². The lowest BCUT2D eigenvalue weighted by molar-refractivity contribution is 0.494. The average Bonchev–Trinajstić information content (AvgIpc) is 2.60. The normalized spacial score (nSPS) is 12.4. The van der Waals surface area contributed by atoms with Gasteiger partial charge in [-0.2, -0.15) is 0 Å². The van der Waals surface area contributed by atoms with Crippen molar-refractivity contribution in [3.63, 3.8) is 0 Å². The van der Waals surface area contributed by atoms with Gasteiger partial charge in [0.1, 0.15) is 5.76 Å². The van der Waals surface area contributed by atoms with E-state index in [1.807, 2.05) is 20.0 Å². The van der Waals surface area contributed by atoms with E-state index in [0.29, 0.717) is 6.04 Å². The smallest absolute Gasteiger partial charge is 0.105 e. The van der Waals surface area contributed by atoms with Crippen LogP contribution in [-0.2, 0) is 0 Å². The molecule has 1 unspecified atom stereocenters. The number of unbranched alkanes of at least 4 members (excludes halogenated alkanes) is 1. The second kappa shape index (κ2) is 5.51. The molecular formula is C12H17NO. The fraction of sp³-hybridized carbons (Fsp3) is 0.500. The summed E-state index contributed by atoms with van der Waals surface area (Å²) >= 11 is 0. The maximum absolute atomic E-state index is 5.27. The number of furan rings is 1. The summed E-state index contributed by atoms with van der Waals surface area (Å²) in [6.45, 7) is 1.99. The number of terminal acetylenes is 1. The summed E-state index contributed by atoms with van der Waals surface area (Å²) in [6.07, 6.45) is 9.90. The van der Waals surface area contributed by atoms with Crippen molar-refractivity contribution < 1.29 is 4.42 Å². The minimum absolute atomic E-state index is 0.363. The average molecular weight is 191 g/mol. The molecule has 1 heterocycles. The summed E-state index contributed by atoms with van der Waals surface area (Å²) in [7, 11) is 1.97. The van der Waals surface area contributed by atoms with E-state index >= 15 is 0 Å². The number of hydrogen-bond donors (Lipinski definition) is 1. The number of hydrogen-bond acceptors (Lipinski definition) is 2. The van der Waals surface area contributed by atoms with Crippen LogP contribution in [0.3, 0.4) is 0 Å². The van der Waals surface area contributed by atoms with Crippen LogP contribution >= 0.6 is 0 Å². The molecule has 0 amide bonds. The first kappa shape index (κ1) is 10.9. The summed E-state index contributed by atoms with van der Waals surface area (Å²) in [6, 6.07) is 2.38. The largest absolute Gasteiger partial charge is 0.469 e. The molecule has 1 rings (SSSR count). The molecule has 0 radical (unpaired) electrons. The Bertz CT molecular complexity index is 308. The first-order valence-corrected chi connectivity index (χ1v) is 4.94. The van der Waals surface area contributed by atoms with Crippen molar-refractivity contribution in [2.45, 2.75) is 32.2 Å². The molecule has 0 bridgehead atoms. The Morgan fingerprint density at radius 2 is 2.43 bits per heavy atom. The summed E-state index contributed by atoms with van der Waals surface area (Å²) in [5.74, 6) is 3.65. The summed E-state index contributed by atoms with van der Waals surface area (Å²) in [5, 5.41) is 3.28. The standard InChI is InChI=1S/C12H17NO/c1-4-5-6-7-12(13-3)11-8-9-14-10(11)2/h1,8-9,12-13H,5-7H2,2-3H3. The lowest BCUT2D eigenvalue weighted by atomic mass is 10.0. The van der Waals surface area contributed by atoms with Crippen molar-refractivity contribution in [3.05, 3.63) is 23.7 Å². The summed E-state index contributed by atoms with van der Waals surface area (Å²) < 4.78 is 5.27. The van der Waals surface area contributed by atoms with Crippen LogP contribution in [0.5, 0.6) is 0 Å². The highest BCUT2D eigenvalue weighted by Crippen LogP contribution is 2.22. The van der Waals surface area contributed by atoms with Gasteiger partial charge in [-0.15, -0.1) is 12.3 Å². The van der Waals surface area contributed by atoms with Crippen LogP contribution in [0.1, 0.15) is 36.6 Å². The first-order chi connectivity index (χ1) is 6.79. The van der Waals surface area contributed by atoms with Crippen molar-refractivity contribution in [2.24, 2.45) is 0 Å². The molecule has 14 heavy (non-hydrogen) atoms. The van der Waals surface area contributed by atoms with Crippen LogP contribution in [0.15, 0.2) is 16.7 Å². The van der Waals surface area contributed by atoms with Crippen LogP contribution in [0.25, 0.3) is 0 Å². The van der Waals surface area contributed by atoms with Gasteiger partial charge in [-0.1, -0.05) is 0 Å². The van der Waals surface area contributed by atoms with Gasteiger partial charge >= 0.3 is 0 Å². The Morgan fingerprint density at radius 3 is 2.93 bits per heavy atom. The van der Waals surface area contributed by atoms with Gasteiger partial charge in [0.05, 0.1) is 6.26 Å². The quantitative estimate of drug-likeness (QED) is 0.571. The predicted octanol–water partition coefficient (Wildman–Crippen LogP) is 2.65. The Labute approximate surface area is 85.7 Å². The van der Waals surface area contributed by atoms with E-state index < -0.39 is 0 Å². The molecule has 0 spiro atoms. The summed E-state index contributed by atoms with van der Waals surface area (Å²) in [5.41, 5.74) is 1.24. The summed E-state index contributed by atoms with van der Waals surface area (Å²) in [4.78, 5) is 0. The van der Waals surface area contributed by atoms with Gasteiger partial charge in [-0.05, 0) is 32.9 Å². The highest BCUT2D eigenvalue weighted by Gasteiger charge is 2.12. The Morgan fingerprint density at radius 1 is 1.64 bits per heavy atom. The minimum atomic E-state index is 0.363. The van der Waals surface area contributed by atoms with Crippen LogP contribution in [0.4, 0.5) is 0 Å². The van der Waals surface area contributed by atoms with Gasteiger partial charge in [-0.3, -0.25) is 0 Å². The topological polar surface area (TPSA) is 25.2 Å². The van der Waals surface area contributed by atoms with Crippen LogP contribution in [0, 0.1) is 19.3 Å². The van der Waals surface area contributed by atoms with Crippen molar-refractivity contribution in [1.29, 1.82) is 0 Å². The van der Waals surface area contributed by atoms with E-state index in [-0.39, 0.29) is 0 Å². The number of nitrogens with one attached hydrogen (secondary N) is 1. The second-order valence-corrected chi connectivity index (χ2v) is 3.37. The van der Waals surface area contributed by atoms with Crippen LogP contribution in [0.2, 0.25) is 0 Å². The highest BCUT2D eigenvalue weighted by atomic mass is 16.3. The molecule has 0 aromatic carbocycles. The van der Waals surface area contributed by atoms with Crippen LogP contribution < -0.4 is 5.32 Å². The van der Waals surface area contributed by atoms with Gasteiger partial charge < -0.3 is 9.73 Å². The molecule has 0 aliphatic heterocycles. The number of aryl methyl sites for hydroxylation is 1. The van der Waals surface area contributed by atoms with E-state index in [9.17, 15) is 0 Å². The molecule has 1 atom stereocenters. The maximum Gasteiger partial charge on any atom is 0.105 e. The molecule has 0 aliphatic rings. The zero-order valence-electron chi connectivity index (χ0n) is 8.84. The van der Waals surface area contributed by atoms with E-state index in [4.69, 9.17) is 10.8 Å². The Hall–Kier alpha value is -1.20. The van der Waals surface area contributed by atoms with E-state index in [0.717, 1.165) is 25.0 Å². The second-order valence-electron chi connectivity index (χ2n) is 3.37. The lowest BCUT2D eigenvalue weighted by Crippen LogP contribution is -2.16. The van der Waals surface area contributed by atoms with E-state index in [2.05, 4.69) is 11.2 Å². The minimum Gasteiger partial charge on any atom is -0.469 e. The monoisotopic (exact) mass is 191 g/mol. The third-order valence-electron chi connectivity index (χ3n) is 2.44. The molecule has 1 aromatic heterocycles. The van der Waals surface area contributed by atoms with E-state index in [1.54, 1.807) is 6.26 Å². The molecule has 2 nitrogen and oxygen atoms in total. The van der Waals surface area contributed by atoms with Gasteiger partial charge in [0.15, 0.2) is 0 Å². The molecule has 2 heteroatoms. The van der Waals surface area contributed by atoms with Crippen molar-refractivity contribution >= 4 is 0 Å².